The van der Waals surface area contributed by atoms with E-state index in [1.54, 1.807) is 18.2 Å². The third-order valence-electron chi connectivity index (χ3n) is 2.11. The van der Waals surface area contributed by atoms with Crippen molar-refractivity contribution >= 4 is 11.7 Å². The number of hydrogen-bond donors (Lipinski definition) is 2. The molecule has 0 saturated carbocycles. The van der Waals surface area contributed by atoms with Crippen molar-refractivity contribution in [2.45, 2.75) is 13.5 Å². The second kappa shape index (κ2) is 5.40. The van der Waals surface area contributed by atoms with Crippen molar-refractivity contribution in [3.05, 3.63) is 36.0 Å². The number of anilines is 2. The zero-order valence-corrected chi connectivity index (χ0v) is 9.40. The van der Waals surface area contributed by atoms with Crippen molar-refractivity contribution in [1.82, 2.24) is 15.5 Å². The number of nitrogens with zero attached hydrogens (tertiary/aromatic N) is 2. The van der Waals surface area contributed by atoms with Crippen LogP contribution < -0.4 is 10.6 Å². The molecule has 2 rings (SSSR count). The van der Waals surface area contributed by atoms with Gasteiger partial charge in [0.15, 0.2) is 0 Å². The Labute approximate surface area is 98.1 Å². The highest BCUT2D eigenvalue weighted by Crippen LogP contribution is 2.18. The molecule has 2 N–H and O–H groups in total. The van der Waals surface area contributed by atoms with Crippen LogP contribution in [0.4, 0.5) is 16.1 Å². The molecule has 0 radical (unpaired) electrons. The zero-order chi connectivity index (χ0) is 12.1. The summed E-state index contributed by atoms with van der Waals surface area (Å²) in [4.78, 5) is 0. The van der Waals surface area contributed by atoms with E-state index in [4.69, 9.17) is 4.42 Å². The van der Waals surface area contributed by atoms with Crippen molar-refractivity contribution in [3.8, 4) is 0 Å². The van der Waals surface area contributed by atoms with Crippen LogP contribution in [0.5, 0.6) is 0 Å². The van der Waals surface area contributed by atoms with Gasteiger partial charge in [-0.05, 0) is 18.7 Å². The van der Waals surface area contributed by atoms with Gasteiger partial charge in [0.05, 0.1) is 12.2 Å². The Bertz CT molecular complexity index is 486. The fourth-order valence-corrected chi connectivity index (χ4v) is 1.29. The van der Waals surface area contributed by atoms with Crippen LogP contribution in [-0.4, -0.2) is 16.7 Å². The van der Waals surface area contributed by atoms with Crippen LogP contribution in [0.25, 0.3) is 0 Å². The van der Waals surface area contributed by atoms with Crippen molar-refractivity contribution in [1.29, 1.82) is 0 Å². The van der Waals surface area contributed by atoms with Gasteiger partial charge in [0.2, 0.25) is 5.89 Å². The number of halogens is 1. The second-order valence-corrected chi connectivity index (χ2v) is 3.39. The van der Waals surface area contributed by atoms with Gasteiger partial charge in [0.25, 0.3) is 0 Å². The van der Waals surface area contributed by atoms with Crippen LogP contribution in [0, 0.1) is 5.82 Å². The number of benzene rings is 1. The second-order valence-electron chi connectivity index (χ2n) is 3.39. The molecule has 5 nitrogen and oxygen atoms in total. The summed E-state index contributed by atoms with van der Waals surface area (Å²) in [5.41, 5.74) is 0.311. The molecule has 0 spiro atoms. The largest absolute Gasteiger partial charge is 0.406 e. The fourth-order valence-electron chi connectivity index (χ4n) is 1.29. The lowest BCUT2D eigenvalue weighted by atomic mass is 10.3. The molecule has 0 atom stereocenters. The van der Waals surface area contributed by atoms with E-state index in [0.717, 1.165) is 6.54 Å². The first-order valence-corrected chi connectivity index (χ1v) is 5.34. The van der Waals surface area contributed by atoms with Crippen LogP contribution in [0.1, 0.15) is 12.8 Å². The van der Waals surface area contributed by atoms with Gasteiger partial charge in [-0.25, -0.2) is 4.39 Å². The molecule has 2 aromatic rings. The number of rotatable bonds is 5. The number of hydrogen-bond acceptors (Lipinski definition) is 5. The Balaban J connectivity index is 2.04. The topological polar surface area (TPSA) is 63.0 Å². The number of aromatic nitrogens is 2. The smallest absolute Gasteiger partial charge is 0.320 e. The molecule has 0 amide bonds. The molecule has 6 heteroatoms. The molecule has 1 aromatic heterocycles. The van der Waals surface area contributed by atoms with Crippen LogP contribution in [0.3, 0.4) is 0 Å². The molecule has 0 fully saturated rings. The fraction of sp³-hybridized carbons (Fsp3) is 0.273. The molecule has 0 saturated heterocycles. The Morgan fingerprint density at radius 1 is 1.29 bits per heavy atom. The predicted molar refractivity (Wildman–Crippen MR) is 61.4 cm³/mol. The molecule has 17 heavy (non-hydrogen) atoms. The maximum atomic E-state index is 13.3. The maximum absolute atomic E-state index is 13.3. The number of para-hydroxylation sites is 1. The van der Waals surface area contributed by atoms with Crippen molar-refractivity contribution in [2.24, 2.45) is 0 Å². The SMILES string of the molecule is CCNCc1nnc(Nc2ccccc2F)o1. The van der Waals surface area contributed by atoms with Crippen molar-refractivity contribution < 1.29 is 8.81 Å². The highest BCUT2D eigenvalue weighted by molar-refractivity contribution is 5.52. The van der Waals surface area contributed by atoms with Crippen LogP contribution >= 0.6 is 0 Å². The van der Waals surface area contributed by atoms with Gasteiger partial charge in [-0.2, -0.15) is 0 Å². The van der Waals surface area contributed by atoms with E-state index in [2.05, 4.69) is 20.8 Å². The van der Waals surface area contributed by atoms with Gasteiger partial charge >= 0.3 is 6.01 Å². The van der Waals surface area contributed by atoms with Crippen LogP contribution in [0.2, 0.25) is 0 Å². The quantitative estimate of drug-likeness (QED) is 0.832. The van der Waals surface area contributed by atoms with E-state index in [9.17, 15) is 4.39 Å². The molecular weight excluding hydrogens is 223 g/mol. The van der Waals surface area contributed by atoms with Gasteiger partial charge in [0, 0.05) is 0 Å². The molecule has 1 heterocycles. The molecule has 90 valence electrons. The molecule has 0 unspecified atom stereocenters. The first-order chi connectivity index (χ1) is 8.29. The van der Waals surface area contributed by atoms with Gasteiger partial charge in [-0.1, -0.05) is 24.2 Å². The van der Waals surface area contributed by atoms with E-state index < -0.39 is 0 Å². The zero-order valence-electron chi connectivity index (χ0n) is 9.40. The summed E-state index contributed by atoms with van der Waals surface area (Å²) < 4.78 is 18.6. The first kappa shape index (κ1) is 11.5. The minimum atomic E-state index is -0.362. The maximum Gasteiger partial charge on any atom is 0.320 e. The van der Waals surface area contributed by atoms with Crippen LogP contribution in [-0.2, 0) is 6.54 Å². The molecule has 0 aliphatic rings. The standard InChI is InChI=1S/C11H13FN4O/c1-2-13-7-10-15-16-11(17-10)14-9-6-4-3-5-8(9)12/h3-6,13H,2,7H2,1H3,(H,14,16). The minimum absolute atomic E-state index is 0.183. The van der Waals surface area contributed by atoms with Gasteiger partial charge in [-0.3, -0.25) is 0 Å². The third-order valence-corrected chi connectivity index (χ3v) is 2.11. The summed E-state index contributed by atoms with van der Waals surface area (Å²) in [6.45, 7) is 3.30. The third kappa shape index (κ3) is 3.01. The minimum Gasteiger partial charge on any atom is -0.406 e. The summed E-state index contributed by atoms with van der Waals surface area (Å²) in [5, 5.41) is 13.4. The Hall–Kier alpha value is -1.95. The normalized spacial score (nSPS) is 10.5. The lowest BCUT2D eigenvalue weighted by Crippen LogP contribution is -2.11. The summed E-state index contributed by atoms with van der Waals surface area (Å²) in [7, 11) is 0. The highest BCUT2D eigenvalue weighted by atomic mass is 19.1. The summed E-state index contributed by atoms with van der Waals surface area (Å²) in [6, 6.07) is 6.48. The van der Waals surface area contributed by atoms with E-state index in [1.165, 1.54) is 6.07 Å². The van der Waals surface area contributed by atoms with E-state index in [-0.39, 0.29) is 11.8 Å². The van der Waals surface area contributed by atoms with Gasteiger partial charge in [0.1, 0.15) is 5.82 Å². The van der Waals surface area contributed by atoms with Gasteiger partial charge < -0.3 is 15.1 Å². The van der Waals surface area contributed by atoms with E-state index in [1.807, 2.05) is 6.92 Å². The highest BCUT2D eigenvalue weighted by Gasteiger charge is 2.07. The Kier molecular flexibility index (Phi) is 3.66. The molecule has 0 bridgehead atoms. The Morgan fingerprint density at radius 3 is 2.88 bits per heavy atom. The van der Waals surface area contributed by atoms with E-state index >= 15 is 0 Å². The number of nitrogens with one attached hydrogen (secondary N) is 2. The molecular formula is C11H13FN4O. The van der Waals surface area contributed by atoms with Crippen molar-refractivity contribution in [2.75, 3.05) is 11.9 Å². The molecule has 1 aromatic carbocycles. The average Bonchev–Trinajstić information content (AvgIpc) is 2.77. The Morgan fingerprint density at radius 2 is 2.12 bits per heavy atom. The van der Waals surface area contributed by atoms with Gasteiger partial charge in [-0.15, -0.1) is 5.10 Å². The lowest BCUT2D eigenvalue weighted by molar-refractivity contribution is 0.484. The average molecular weight is 236 g/mol. The summed E-state index contributed by atoms with van der Waals surface area (Å²) in [5.74, 6) is 0.102. The van der Waals surface area contributed by atoms with Crippen LogP contribution in [0.15, 0.2) is 28.7 Å². The monoisotopic (exact) mass is 236 g/mol. The predicted octanol–water partition coefficient (Wildman–Crippen LogP) is 2.06. The lowest BCUT2D eigenvalue weighted by Gasteiger charge is -2.01. The van der Waals surface area contributed by atoms with Crippen molar-refractivity contribution in [3.63, 3.8) is 0 Å². The molecule has 0 aliphatic heterocycles. The summed E-state index contributed by atoms with van der Waals surface area (Å²) >= 11 is 0. The first-order valence-electron chi connectivity index (χ1n) is 5.34. The summed E-state index contributed by atoms with van der Waals surface area (Å²) in [6.07, 6.45) is 0. The molecule has 0 aliphatic carbocycles. The van der Waals surface area contributed by atoms with E-state index in [0.29, 0.717) is 18.1 Å².